The molecule has 1 aromatic carbocycles. The summed E-state index contributed by atoms with van der Waals surface area (Å²) >= 11 is 0. The molecule has 3 heteroatoms. The van der Waals surface area contributed by atoms with Crippen LogP contribution >= 0.6 is 0 Å². The molecule has 0 amide bonds. The molecule has 0 aromatic heterocycles. The quantitative estimate of drug-likeness (QED) is 0.921. The van der Waals surface area contributed by atoms with Crippen molar-refractivity contribution in [3.8, 4) is 5.75 Å². The molecule has 3 unspecified atom stereocenters. The summed E-state index contributed by atoms with van der Waals surface area (Å²) in [5.41, 5.74) is 1.28. The highest BCUT2D eigenvalue weighted by Gasteiger charge is 2.39. The molecule has 2 bridgehead atoms. The summed E-state index contributed by atoms with van der Waals surface area (Å²) in [4.78, 5) is 2.45. The molecule has 0 radical (unpaired) electrons. The first-order valence-corrected chi connectivity index (χ1v) is 8.57. The molecule has 1 aliphatic heterocycles. The number of hydrogen-bond donors (Lipinski definition) is 1. The molecule has 2 aliphatic carbocycles. The smallest absolute Gasteiger partial charge is 0.142 e. The third-order valence-electron chi connectivity index (χ3n) is 5.66. The van der Waals surface area contributed by atoms with E-state index in [1.165, 1.54) is 31.4 Å². The highest BCUT2D eigenvalue weighted by Crippen LogP contribution is 2.48. The minimum atomic E-state index is 0.805. The zero-order chi connectivity index (χ0) is 14.1. The van der Waals surface area contributed by atoms with Crippen LogP contribution in [0.5, 0.6) is 5.75 Å². The first-order chi connectivity index (χ1) is 10.4. The second-order valence-electron chi connectivity index (χ2n) is 6.95. The number of rotatable bonds is 4. The Morgan fingerprint density at radius 3 is 2.71 bits per heavy atom. The van der Waals surface area contributed by atoms with Crippen LogP contribution in [-0.4, -0.2) is 32.8 Å². The highest BCUT2D eigenvalue weighted by atomic mass is 16.5. The van der Waals surface area contributed by atoms with Gasteiger partial charge in [0.25, 0.3) is 0 Å². The van der Waals surface area contributed by atoms with Crippen molar-refractivity contribution in [2.75, 3.05) is 37.7 Å². The van der Waals surface area contributed by atoms with Crippen molar-refractivity contribution in [2.45, 2.75) is 25.7 Å². The van der Waals surface area contributed by atoms with E-state index in [9.17, 15) is 0 Å². The van der Waals surface area contributed by atoms with E-state index in [1.807, 2.05) is 0 Å². The minimum Gasteiger partial charge on any atom is -0.491 e. The van der Waals surface area contributed by atoms with Gasteiger partial charge >= 0.3 is 0 Å². The second-order valence-corrected chi connectivity index (χ2v) is 6.95. The molecule has 3 nitrogen and oxygen atoms in total. The summed E-state index contributed by atoms with van der Waals surface area (Å²) in [5, 5.41) is 3.42. The van der Waals surface area contributed by atoms with Gasteiger partial charge in [0.05, 0.1) is 12.3 Å². The number of nitrogens with zero attached hydrogens (tertiary/aromatic N) is 1. The lowest BCUT2D eigenvalue weighted by atomic mass is 9.89. The maximum absolute atomic E-state index is 6.26. The van der Waals surface area contributed by atoms with Crippen molar-refractivity contribution in [3.05, 3.63) is 24.3 Å². The van der Waals surface area contributed by atoms with Crippen LogP contribution in [0.2, 0.25) is 0 Å². The summed E-state index contributed by atoms with van der Waals surface area (Å²) in [6.07, 6.45) is 5.78. The largest absolute Gasteiger partial charge is 0.491 e. The first-order valence-electron chi connectivity index (χ1n) is 8.57. The molecular weight excluding hydrogens is 260 g/mol. The van der Waals surface area contributed by atoms with Gasteiger partial charge in [-0.15, -0.1) is 0 Å². The SMILES string of the molecule is c1ccc(N2CCNCC2)c(OCC2CC3CCC2C3)c1. The van der Waals surface area contributed by atoms with Gasteiger partial charge in [-0.2, -0.15) is 0 Å². The van der Waals surface area contributed by atoms with E-state index in [4.69, 9.17) is 4.74 Å². The van der Waals surface area contributed by atoms with Gasteiger partial charge in [-0.05, 0) is 49.1 Å². The lowest BCUT2D eigenvalue weighted by molar-refractivity contribution is 0.195. The van der Waals surface area contributed by atoms with Gasteiger partial charge in [-0.25, -0.2) is 0 Å². The van der Waals surface area contributed by atoms with Gasteiger partial charge in [0.15, 0.2) is 0 Å². The normalized spacial score (nSPS) is 31.6. The Morgan fingerprint density at radius 2 is 1.95 bits per heavy atom. The summed E-state index contributed by atoms with van der Waals surface area (Å²) in [6.45, 7) is 5.22. The maximum Gasteiger partial charge on any atom is 0.142 e. The molecule has 1 saturated heterocycles. The van der Waals surface area contributed by atoms with Crippen molar-refractivity contribution in [3.63, 3.8) is 0 Å². The van der Waals surface area contributed by atoms with Gasteiger partial charge < -0.3 is 15.0 Å². The van der Waals surface area contributed by atoms with Crippen molar-refractivity contribution >= 4 is 5.69 Å². The summed E-state index contributed by atoms with van der Waals surface area (Å²) in [6, 6.07) is 8.58. The van der Waals surface area contributed by atoms with E-state index in [2.05, 4.69) is 34.5 Å². The average Bonchev–Trinajstić information content (AvgIpc) is 3.17. The molecule has 0 spiro atoms. The minimum absolute atomic E-state index is 0.805. The highest BCUT2D eigenvalue weighted by molar-refractivity contribution is 5.58. The van der Waals surface area contributed by atoms with E-state index >= 15 is 0 Å². The Morgan fingerprint density at radius 1 is 1.10 bits per heavy atom. The predicted molar refractivity (Wildman–Crippen MR) is 86.0 cm³/mol. The summed E-state index contributed by atoms with van der Waals surface area (Å²) < 4.78 is 6.26. The first kappa shape index (κ1) is 13.4. The van der Waals surface area contributed by atoms with E-state index < -0.39 is 0 Å². The number of piperazine rings is 1. The van der Waals surface area contributed by atoms with Crippen LogP contribution in [0.25, 0.3) is 0 Å². The fourth-order valence-corrected chi connectivity index (χ4v) is 4.52. The molecular formula is C18H26N2O. The number of nitrogens with one attached hydrogen (secondary N) is 1. The molecule has 3 aliphatic rings. The van der Waals surface area contributed by atoms with Crippen LogP contribution in [0.15, 0.2) is 24.3 Å². The molecule has 1 heterocycles. The van der Waals surface area contributed by atoms with Crippen molar-refractivity contribution in [1.29, 1.82) is 0 Å². The zero-order valence-electron chi connectivity index (χ0n) is 12.8. The summed E-state index contributed by atoms with van der Waals surface area (Å²) in [7, 11) is 0. The van der Waals surface area contributed by atoms with E-state index in [1.54, 1.807) is 0 Å². The van der Waals surface area contributed by atoms with E-state index in [-0.39, 0.29) is 0 Å². The average molecular weight is 286 g/mol. The Bertz CT molecular complexity index is 484. The molecule has 1 N–H and O–H groups in total. The molecule has 1 aromatic rings. The number of benzene rings is 1. The molecule has 4 rings (SSSR count). The lowest BCUT2D eigenvalue weighted by Gasteiger charge is -2.31. The lowest BCUT2D eigenvalue weighted by Crippen LogP contribution is -2.43. The van der Waals surface area contributed by atoms with Gasteiger partial charge in [0.2, 0.25) is 0 Å². The second kappa shape index (κ2) is 5.88. The zero-order valence-corrected chi connectivity index (χ0v) is 12.8. The van der Waals surface area contributed by atoms with Gasteiger partial charge in [0, 0.05) is 26.2 Å². The van der Waals surface area contributed by atoms with Gasteiger partial charge in [-0.1, -0.05) is 18.6 Å². The third-order valence-corrected chi connectivity index (χ3v) is 5.66. The fourth-order valence-electron chi connectivity index (χ4n) is 4.52. The number of ether oxygens (including phenoxy) is 1. The Balaban J connectivity index is 1.42. The molecule has 21 heavy (non-hydrogen) atoms. The van der Waals surface area contributed by atoms with Crippen molar-refractivity contribution in [1.82, 2.24) is 5.32 Å². The van der Waals surface area contributed by atoms with Gasteiger partial charge in [-0.3, -0.25) is 0 Å². The number of hydrogen-bond acceptors (Lipinski definition) is 3. The Labute approximate surface area is 127 Å². The Kier molecular flexibility index (Phi) is 3.76. The molecule has 3 atom stereocenters. The topological polar surface area (TPSA) is 24.5 Å². The van der Waals surface area contributed by atoms with Crippen LogP contribution in [0.4, 0.5) is 5.69 Å². The monoisotopic (exact) mass is 286 g/mol. The van der Waals surface area contributed by atoms with Crippen LogP contribution in [0, 0.1) is 17.8 Å². The molecule has 2 saturated carbocycles. The standard InChI is InChI=1S/C18H26N2O/c1-2-4-18(17(3-1)20-9-7-19-8-10-20)21-13-16-12-14-5-6-15(16)11-14/h1-4,14-16,19H,5-13H2. The molecule has 114 valence electrons. The van der Waals surface area contributed by atoms with Crippen LogP contribution in [0.1, 0.15) is 25.7 Å². The van der Waals surface area contributed by atoms with Gasteiger partial charge in [0.1, 0.15) is 5.75 Å². The van der Waals surface area contributed by atoms with Crippen LogP contribution in [-0.2, 0) is 0 Å². The summed E-state index contributed by atoms with van der Waals surface area (Å²) in [5.74, 6) is 3.84. The van der Waals surface area contributed by atoms with Crippen molar-refractivity contribution in [2.24, 2.45) is 17.8 Å². The number of anilines is 1. The maximum atomic E-state index is 6.26. The van der Waals surface area contributed by atoms with Crippen molar-refractivity contribution < 1.29 is 4.74 Å². The third kappa shape index (κ3) is 2.76. The molecule has 3 fully saturated rings. The number of para-hydroxylation sites is 2. The van der Waals surface area contributed by atoms with E-state index in [0.717, 1.165) is 56.3 Å². The van der Waals surface area contributed by atoms with Crippen LogP contribution < -0.4 is 15.0 Å². The van der Waals surface area contributed by atoms with Crippen LogP contribution in [0.3, 0.4) is 0 Å². The predicted octanol–water partition coefficient (Wildman–Crippen LogP) is 2.91. The fraction of sp³-hybridized carbons (Fsp3) is 0.667. The Hall–Kier alpha value is -1.22. The van der Waals surface area contributed by atoms with E-state index in [0.29, 0.717) is 0 Å². The number of fused-ring (bicyclic) bond motifs is 2.